The molecule has 0 atom stereocenters. The molecule has 0 unspecified atom stereocenters. The van der Waals surface area contributed by atoms with Crippen LogP contribution < -0.4 is 14.8 Å². The Kier molecular flexibility index (Phi) is 7.69. The lowest BCUT2D eigenvalue weighted by Crippen LogP contribution is -2.43. The summed E-state index contributed by atoms with van der Waals surface area (Å²) in [6.45, 7) is 9.39. The van der Waals surface area contributed by atoms with Gasteiger partial charge in [0.15, 0.2) is 0 Å². The fourth-order valence-corrected chi connectivity index (χ4v) is 3.69. The molecule has 0 amide bonds. The number of aromatic nitrogens is 1. The second-order valence-corrected chi connectivity index (χ2v) is 7.93. The number of ether oxygens (including phenoxy) is 2. The number of hydrogen-bond acceptors (Lipinski definition) is 5. The van der Waals surface area contributed by atoms with Gasteiger partial charge in [0.25, 0.3) is 0 Å². The van der Waals surface area contributed by atoms with Gasteiger partial charge in [0, 0.05) is 30.9 Å². The maximum Gasteiger partial charge on any atom is 0.130 e. The van der Waals surface area contributed by atoms with Crippen molar-refractivity contribution in [2.45, 2.75) is 45.9 Å². The van der Waals surface area contributed by atoms with Gasteiger partial charge in [-0.3, -0.25) is 4.98 Å². The molecule has 1 aromatic carbocycles. The zero-order valence-corrected chi connectivity index (χ0v) is 17.4. The van der Waals surface area contributed by atoms with Gasteiger partial charge in [-0.15, -0.1) is 0 Å². The zero-order chi connectivity index (χ0) is 19.8. The Balaban J connectivity index is 1.56. The predicted octanol–water partition coefficient (Wildman–Crippen LogP) is 3.88. The van der Waals surface area contributed by atoms with Crippen molar-refractivity contribution in [1.29, 1.82) is 0 Å². The van der Waals surface area contributed by atoms with Gasteiger partial charge in [-0.2, -0.15) is 0 Å². The molecule has 1 fully saturated rings. The minimum absolute atomic E-state index is 0.466. The van der Waals surface area contributed by atoms with Gasteiger partial charge in [0.1, 0.15) is 18.1 Å². The van der Waals surface area contributed by atoms with Crippen LogP contribution in [0.2, 0.25) is 0 Å². The van der Waals surface area contributed by atoms with Crippen LogP contribution in [-0.2, 0) is 13.2 Å². The van der Waals surface area contributed by atoms with Gasteiger partial charge in [0.05, 0.1) is 12.8 Å². The molecule has 0 saturated carbocycles. The van der Waals surface area contributed by atoms with E-state index in [9.17, 15) is 0 Å². The van der Waals surface area contributed by atoms with Crippen LogP contribution in [0, 0.1) is 5.92 Å². The molecule has 0 radical (unpaired) electrons. The summed E-state index contributed by atoms with van der Waals surface area (Å²) in [5.74, 6) is 2.48. The lowest BCUT2D eigenvalue weighted by atomic mass is 10.0. The summed E-state index contributed by atoms with van der Waals surface area (Å²) >= 11 is 0. The van der Waals surface area contributed by atoms with Crippen LogP contribution in [0.5, 0.6) is 11.5 Å². The highest BCUT2D eigenvalue weighted by Gasteiger charge is 2.19. The van der Waals surface area contributed by atoms with Crippen molar-refractivity contribution in [3.8, 4) is 11.5 Å². The van der Waals surface area contributed by atoms with Crippen LogP contribution >= 0.6 is 0 Å². The molecule has 5 nitrogen and oxygen atoms in total. The number of pyridine rings is 1. The third-order valence-electron chi connectivity index (χ3n) is 5.16. The number of benzene rings is 1. The van der Waals surface area contributed by atoms with Crippen LogP contribution in [0.1, 0.15) is 37.9 Å². The van der Waals surface area contributed by atoms with E-state index < -0.39 is 0 Å². The highest BCUT2D eigenvalue weighted by atomic mass is 16.5. The third kappa shape index (κ3) is 6.21. The number of methoxy groups -OCH3 is 1. The molecule has 1 saturated heterocycles. The van der Waals surface area contributed by atoms with Crippen LogP contribution in [-0.4, -0.2) is 42.7 Å². The summed E-state index contributed by atoms with van der Waals surface area (Å²) in [7, 11) is 1.70. The van der Waals surface area contributed by atoms with Crippen molar-refractivity contribution >= 4 is 0 Å². The fourth-order valence-electron chi connectivity index (χ4n) is 3.69. The Morgan fingerprint density at radius 2 is 2.00 bits per heavy atom. The Labute approximate surface area is 169 Å². The van der Waals surface area contributed by atoms with Crippen LogP contribution in [0.4, 0.5) is 0 Å². The molecular formula is C23H33N3O2. The predicted molar refractivity (Wildman–Crippen MR) is 113 cm³/mol. The highest BCUT2D eigenvalue weighted by molar-refractivity contribution is 5.40. The molecule has 5 heteroatoms. The summed E-state index contributed by atoms with van der Waals surface area (Å²) < 4.78 is 11.5. The number of rotatable bonds is 9. The Hall–Kier alpha value is -2.11. The average Bonchev–Trinajstić information content (AvgIpc) is 2.72. The lowest BCUT2D eigenvalue weighted by Gasteiger charge is -2.33. The van der Waals surface area contributed by atoms with Crippen LogP contribution in [0.3, 0.4) is 0 Å². The second-order valence-electron chi connectivity index (χ2n) is 7.93. The molecule has 28 heavy (non-hydrogen) atoms. The minimum atomic E-state index is 0.466. The van der Waals surface area contributed by atoms with E-state index in [2.05, 4.69) is 35.1 Å². The van der Waals surface area contributed by atoms with E-state index in [1.54, 1.807) is 13.3 Å². The molecule has 0 aliphatic carbocycles. The van der Waals surface area contributed by atoms with Crippen LogP contribution in [0.25, 0.3) is 0 Å². The molecule has 0 spiro atoms. The standard InChI is InChI=1S/C23H33N3O2/c1-18(2)16-26-12-9-20(10-13-26)25-15-19-14-22(27-3)7-8-23(19)28-17-21-6-4-5-11-24-21/h4-8,11,14,18,20,25H,9-10,12-13,15-17H2,1-3H3. The molecule has 1 aromatic heterocycles. The molecule has 1 aliphatic rings. The number of nitrogens with one attached hydrogen (secondary N) is 1. The molecule has 1 N–H and O–H groups in total. The van der Waals surface area contributed by atoms with Gasteiger partial charge in [0.2, 0.25) is 0 Å². The van der Waals surface area contributed by atoms with E-state index in [0.717, 1.165) is 35.2 Å². The van der Waals surface area contributed by atoms with E-state index in [1.807, 2.05) is 30.3 Å². The Morgan fingerprint density at radius 1 is 1.18 bits per heavy atom. The molecule has 3 rings (SSSR count). The molecule has 2 aromatic rings. The van der Waals surface area contributed by atoms with Crippen molar-refractivity contribution in [3.63, 3.8) is 0 Å². The third-order valence-corrected chi connectivity index (χ3v) is 5.16. The van der Waals surface area contributed by atoms with Gasteiger partial charge in [-0.05, 0) is 62.2 Å². The monoisotopic (exact) mass is 383 g/mol. The smallest absolute Gasteiger partial charge is 0.130 e. The minimum Gasteiger partial charge on any atom is -0.497 e. The Morgan fingerprint density at radius 3 is 2.68 bits per heavy atom. The zero-order valence-electron chi connectivity index (χ0n) is 17.4. The first-order valence-corrected chi connectivity index (χ1v) is 10.3. The summed E-state index contributed by atoms with van der Waals surface area (Å²) in [5.41, 5.74) is 2.05. The van der Waals surface area contributed by atoms with Crippen molar-refractivity contribution in [1.82, 2.24) is 15.2 Å². The average molecular weight is 384 g/mol. The maximum absolute atomic E-state index is 6.06. The lowest BCUT2D eigenvalue weighted by molar-refractivity contribution is 0.179. The van der Waals surface area contributed by atoms with Crippen molar-refractivity contribution in [2.24, 2.45) is 5.92 Å². The number of nitrogens with zero attached hydrogens (tertiary/aromatic N) is 2. The second kappa shape index (κ2) is 10.4. The summed E-state index contributed by atoms with van der Waals surface area (Å²) in [6, 6.07) is 12.4. The van der Waals surface area contributed by atoms with E-state index in [1.165, 1.54) is 32.5 Å². The van der Waals surface area contributed by atoms with E-state index in [-0.39, 0.29) is 0 Å². The summed E-state index contributed by atoms with van der Waals surface area (Å²) in [4.78, 5) is 6.91. The Bertz CT molecular complexity index is 713. The number of likely N-dealkylation sites (tertiary alicyclic amines) is 1. The molecular weight excluding hydrogens is 350 g/mol. The van der Waals surface area contributed by atoms with Gasteiger partial charge in [-0.1, -0.05) is 19.9 Å². The first-order chi connectivity index (χ1) is 13.6. The van der Waals surface area contributed by atoms with Crippen LogP contribution in [0.15, 0.2) is 42.6 Å². The number of hydrogen-bond donors (Lipinski definition) is 1. The first-order valence-electron chi connectivity index (χ1n) is 10.3. The van der Waals surface area contributed by atoms with Gasteiger partial charge >= 0.3 is 0 Å². The van der Waals surface area contributed by atoms with Crippen molar-refractivity contribution < 1.29 is 9.47 Å². The summed E-state index contributed by atoms with van der Waals surface area (Å²) in [6.07, 6.45) is 4.18. The van der Waals surface area contributed by atoms with E-state index in [0.29, 0.717) is 12.6 Å². The largest absolute Gasteiger partial charge is 0.497 e. The van der Waals surface area contributed by atoms with Crippen molar-refractivity contribution in [2.75, 3.05) is 26.7 Å². The number of piperidine rings is 1. The van der Waals surface area contributed by atoms with Crippen molar-refractivity contribution in [3.05, 3.63) is 53.9 Å². The highest BCUT2D eigenvalue weighted by Crippen LogP contribution is 2.25. The van der Waals surface area contributed by atoms with Gasteiger partial charge < -0.3 is 19.7 Å². The first kappa shape index (κ1) is 20.6. The molecule has 152 valence electrons. The molecule has 2 heterocycles. The van der Waals surface area contributed by atoms with E-state index >= 15 is 0 Å². The SMILES string of the molecule is COc1ccc(OCc2ccccn2)c(CNC2CCN(CC(C)C)CC2)c1. The normalized spacial score (nSPS) is 15.7. The maximum atomic E-state index is 6.06. The molecule has 0 bridgehead atoms. The molecule has 1 aliphatic heterocycles. The topological polar surface area (TPSA) is 46.6 Å². The summed E-state index contributed by atoms with van der Waals surface area (Å²) in [5, 5.41) is 3.72. The fraction of sp³-hybridized carbons (Fsp3) is 0.522. The quantitative estimate of drug-likeness (QED) is 0.712. The van der Waals surface area contributed by atoms with Gasteiger partial charge in [-0.25, -0.2) is 0 Å². The van der Waals surface area contributed by atoms with E-state index in [4.69, 9.17) is 9.47 Å².